The first-order valence-corrected chi connectivity index (χ1v) is 9.20. The van der Waals surface area contributed by atoms with E-state index in [0.29, 0.717) is 29.8 Å². The first kappa shape index (κ1) is 16.7. The molecule has 1 aliphatic heterocycles. The van der Waals surface area contributed by atoms with Gasteiger partial charge in [0.1, 0.15) is 10.6 Å². The Balaban J connectivity index is 2.37. The van der Waals surface area contributed by atoms with E-state index in [1.807, 2.05) is 13.8 Å². The van der Waals surface area contributed by atoms with E-state index in [1.165, 1.54) is 4.31 Å². The molecule has 2 unspecified atom stereocenters. The van der Waals surface area contributed by atoms with E-state index in [9.17, 15) is 13.5 Å². The number of sulfonamides is 1. The minimum absolute atomic E-state index is 0.116. The number of rotatable bonds is 4. The maximum atomic E-state index is 12.8. The Labute approximate surface area is 134 Å². The summed E-state index contributed by atoms with van der Waals surface area (Å²) in [4.78, 5) is 0.139. The molecule has 7 heteroatoms. The first-order valence-electron chi connectivity index (χ1n) is 6.96. The van der Waals surface area contributed by atoms with Crippen LogP contribution in [0.1, 0.15) is 20.3 Å². The number of piperidine rings is 1. The van der Waals surface area contributed by atoms with Crippen LogP contribution in [-0.4, -0.2) is 43.6 Å². The van der Waals surface area contributed by atoms with E-state index < -0.39 is 16.1 Å². The minimum Gasteiger partial charge on any atom is -0.492 e. The van der Waals surface area contributed by atoms with Gasteiger partial charge >= 0.3 is 0 Å². The van der Waals surface area contributed by atoms with E-state index in [0.717, 1.165) is 0 Å². The molecule has 0 spiro atoms. The zero-order valence-electron chi connectivity index (χ0n) is 12.1. The average Bonchev–Trinajstić information content (AvgIpc) is 2.44. The SMILES string of the molecule is CCOc1ccc(Br)cc1S(=O)(=O)N1CCC(C)C(O)C1. The van der Waals surface area contributed by atoms with Crippen molar-refractivity contribution in [2.24, 2.45) is 5.92 Å². The van der Waals surface area contributed by atoms with Crippen molar-refractivity contribution in [3.8, 4) is 5.75 Å². The summed E-state index contributed by atoms with van der Waals surface area (Å²) in [5.74, 6) is 0.458. The average molecular weight is 378 g/mol. The Morgan fingerprint density at radius 1 is 1.48 bits per heavy atom. The fourth-order valence-corrected chi connectivity index (χ4v) is 4.48. The second-order valence-corrected chi connectivity index (χ2v) is 8.04. The highest BCUT2D eigenvalue weighted by Crippen LogP contribution is 2.32. The lowest BCUT2D eigenvalue weighted by Gasteiger charge is -2.33. The van der Waals surface area contributed by atoms with Crippen LogP contribution >= 0.6 is 15.9 Å². The second-order valence-electron chi connectivity index (χ2n) is 5.22. The van der Waals surface area contributed by atoms with E-state index >= 15 is 0 Å². The van der Waals surface area contributed by atoms with Gasteiger partial charge in [-0.2, -0.15) is 4.31 Å². The molecular formula is C14H20BrNO4S. The third-order valence-electron chi connectivity index (χ3n) is 3.70. The van der Waals surface area contributed by atoms with E-state index in [-0.39, 0.29) is 17.4 Å². The summed E-state index contributed by atoms with van der Waals surface area (Å²) in [5.41, 5.74) is 0. The van der Waals surface area contributed by atoms with Crippen molar-refractivity contribution >= 4 is 26.0 Å². The van der Waals surface area contributed by atoms with Gasteiger partial charge < -0.3 is 9.84 Å². The maximum Gasteiger partial charge on any atom is 0.246 e. The Morgan fingerprint density at radius 3 is 2.81 bits per heavy atom. The molecule has 2 rings (SSSR count). The van der Waals surface area contributed by atoms with Crippen LogP contribution in [0.4, 0.5) is 0 Å². The van der Waals surface area contributed by atoms with E-state index in [2.05, 4.69) is 15.9 Å². The van der Waals surface area contributed by atoms with Gasteiger partial charge in [-0.25, -0.2) is 8.42 Å². The van der Waals surface area contributed by atoms with Gasteiger partial charge in [0.25, 0.3) is 0 Å². The van der Waals surface area contributed by atoms with Crippen molar-refractivity contribution in [1.29, 1.82) is 0 Å². The highest BCUT2D eigenvalue weighted by atomic mass is 79.9. The normalized spacial score (nSPS) is 24.0. The Morgan fingerprint density at radius 2 is 2.19 bits per heavy atom. The van der Waals surface area contributed by atoms with Crippen molar-refractivity contribution in [1.82, 2.24) is 4.31 Å². The number of halogens is 1. The van der Waals surface area contributed by atoms with Gasteiger partial charge in [0.2, 0.25) is 10.0 Å². The molecule has 2 atom stereocenters. The zero-order chi connectivity index (χ0) is 15.6. The molecule has 1 aliphatic rings. The summed E-state index contributed by atoms with van der Waals surface area (Å²) in [5, 5.41) is 9.94. The number of β-amino-alcohol motifs (C(OH)–C–C–N with tert-alkyl or cyclic N) is 1. The number of ether oxygens (including phenoxy) is 1. The third-order valence-corrected chi connectivity index (χ3v) is 6.08. The predicted molar refractivity (Wildman–Crippen MR) is 83.9 cm³/mol. The number of hydrogen-bond donors (Lipinski definition) is 1. The zero-order valence-corrected chi connectivity index (χ0v) is 14.5. The summed E-state index contributed by atoms with van der Waals surface area (Å²) in [7, 11) is -3.68. The predicted octanol–water partition coefficient (Wildman–Crippen LogP) is 2.24. The van der Waals surface area contributed by atoms with Crippen LogP contribution < -0.4 is 4.74 Å². The number of nitrogens with zero attached hydrogens (tertiary/aromatic N) is 1. The quantitative estimate of drug-likeness (QED) is 0.873. The maximum absolute atomic E-state index is 12.8. The van der Waals surface area contributed by atoms with Gasteiger partial charge in [-0.05, 0) is 37.5 Å². The lowest BCUT2D eigenvalue weighted by molar-refractivity contribution is 0.0604. The standard InChI is InChI=1S/C14H20BrNO4S/c1-3-20-13-5-4-11(15)8-14(13)21(18,19)16-7-6-10(2)12(17)9-16/h4-5,8,10,12,17H,3,6-7,9H2,1-2H3. The molecule has 0 bridgehead atoms. The van der Waals surface area contributed by atoms with Gasteiger partial charge in [0.15, 0.2) is 0 Å². The van der Waals surface area contributed by atoms with Crippen molar-refractivity contribution in [2.45, 2.75) is 31.3 Å². The number of aliphatic hydroxyl groups excluding tert-OH is 1. The van der Waals surface area contributed by atoms with Crippen molar-refractivity contribution < 1.29 is 18.3 Å². The van der Waals surface area contributed by atoms with Crippen LogP contribution in [0.5, 0.6) is 5.75 Å². The number of hydrogen-bond acceptors (Lipinski definition) is 4. The molecule has 0 aromatic heterocycles. The first-order chi connectivity index (χ1) is 9.86. The molecule has 1 aromatic rings. The van der Waals surface area contributed by atoms with Gasteiger partial charge in [-0.3, -0.25) is 0 Å². The summed E-state index contributed by atoms with van der Waals surface area (Å²) in [6.45, 7) is 4.67. The van der Waals surface area contributed by atoms with Crippen molar-refractivity contribution in [3.63, 3.8) is 0 Å². The molecule has 21 heavy (non-hydrogen) atoms. The topological polar surface area (TPSA) is 66.8 Å². The monoisotopic (exact) mass is 377 g/mol. The summed E-state index contributed by atoms with van der Waals surface area (Å²) < 4.78 is 33.0. The van der Waals surface area contributed by atoms with Crippen LogP contribution in [0.3, 0.4) is 0 Å². The van der Waals surface area contributed by atoms with Crippen LogP contribution in [0, 0.1) is 5.92 Å². The highest BCUT2D eigenvalue weighted by molar-refractivity contribution is 9.10. The molecule has 1 saturated heterocycles. The van der Waals surface area contributed by atoms with Crippen LogP contribution in [0.15, 0.2) is 27.6 Å². The van der Waals surface area contributed by atoms with Crippen LogP contribution in [0.25, 0.3) is 0 Å². The second kappa shape index (κ2) is 6.64. The number of benzene rings is 1. The minimum atomic E-state index is -3.68. The van der Waals surface area contributed by atoms with Gasteiger partial charge in [-0.1, -0.05) is 22.9 Å². The molecule has 5 nitrogen and oxygen atoms in total. The van der Waals surface area contributed by atoms with Crippen molar-refractivity contribution in [2.75, 3.05) is 19.7 Å². The fraction of sp³-hybridized carbons (Fsp3) is 0.571. The summed E-state index contributed by atoms with van der Waals surface area (Å²) in [6.07, 6.45) is 0.0227. The summed E-state index contributed by atoms with van der Waals surface area (Å²) >= 11 is 3.30. The van der Waals surface area contributed by atoms with E-state index in [1.54, 1.807) is 18.2 Å². The largest absolute Gasteiger partial charge is 0.492 e. The highest BCUT2D eigenvalue weighted by Gasteiger charge is 2.34. The Bertz CT molecular complexity index is 605. The smallest absolute Gasteiger partial charge is 0.246 e. The molecule has 1 heterocycles. The molecule has 0 saturated carbocycles. The molecule has 0 amide bonds. The lowest BCUT2D eigenvalue weighted by Crippen LogP contribution is -2.45. The van der Waals surface area contributed by atoms with Gasteiger partial charge in [-0.15, -0.1) is 0 Å². The van der Waals surface area contributed by atoms with Crippen LogP contribution in [-0.2, 0) is 10.0 Å². The molecular weight excluding hydrogens is 358 g/mol. The molecule has 118 valence electrons. The fourth-order valence-electron chi connectivity index (χ4n) is 2.34. The lowest BCUT2D eigenvalue weighted by atomic mass is 9.98. The Hall–Kier alpha value is -0.630. The third kappa shape index (κ3) is 3.59. The summed E-state index contributed by atoms with van der Waals surface area (Å²) in [6, 6.07) is 4.94. The van der Waals surface area contributed by atoms with Crippen molar-refractivity contribution in [3.05, 3.63) is 22.7 Å². The number of aliphatic hydroxyl groups is 1. The molecule has 0 radical (unpaired) electrons. The Kier molecular flexibility index (Phi) is 5.29. The van der Waals surface area contributed by atoms with Gasteiger partial charge in [0, 0.05) is 17.6 Å². The molecule has 1 aromatic carbocycles. The molecule has 0 aliphatic carbocycles. The van der Waals surface area contributed by atoms with Gasteiger partial charge in [0.05, 0.1) is 12.7 Å². The van der Waals surface area contributed by atoms with Crippen LogP contribution in [0.2, 0.25) is 0 Å². The van der Waals surface area contributed by atoms with E-state index in [4.69, 9.17) is 4.74 Å². The molecule has 1 fully saturated rings. The molecule has 1 N–H and O–H groups in total.